The van der Waals surface area contributed by atoms with Gasteiger partial charge in [-0.05, 0) is 51.3 Å². The molecule has 1 aromatic carbocycles. The van der Waals surface area contributed by atoms with Crippen molar-refractivity contribution in [3.8, 4) is 0 Å². The summed E-state index contributed by atoms with van der Waals surface area (Å²) in [7, 11) is 3.41. The minimum Gasteiger partial charge on any atom is -0.446 e. The Labute approximate surface area is 257 Å². The number of hydrogen-bond donors (Lipinski definition) is 4. The highest BCUT2D eigenvalue weighted by molar-refractivity contribution is 6.05. The summed E-state index contributed by atoms with van der Waals surface area (Å²) in [6.07, 6.45) is -0.897. The van der Waals surface area contributed by atoms with Gasteiger partial charge in [-0.2, -0.15) is 23.4 Å². The molecule has 2 unspecified atom stereocenters. The molecule has 2 aromatic heterocycles. The number of aldehydes is 2. The first kappa shape index (κ1) is 36.2. The number of halogens is 3. The molecule has 0 bridgehead atoms. The average Bonchev–Trinajstić information content (AvgIpc) is 3.72. The summed E-state index contributed by atoms with van der Waals surface area (Å²) in [5.74, 6) is -0.992. The molecule has 4 N–H and O–H groups in total. The maximum absolute atomic E-state index is 11.9. The number of aromatic nitrogens is 4. The lowest BCUT2D eigenvalue weighted by Gasteiger charge is -2.14. The van der Waals surface area contributed by atoms with Crippen LogP contribution >= 0.6 is 0 Å². The molecular formula is C29H36F3N7O6. The van der Waals surface area contributed by atoms with Crippen LogP contribution in [0.25, 0.3) is 0 Å². The number of rotatable bonds is 8. The molecule has 4 rings (SSSR count). The second kappa shape index (κ2) is 16.7. The van der Waals surface area contributed by atoms with Gasteiger partial charge in [-0.15, -0.1) is 0 Å². The number of hydrogen-bond acceptors (Lipinski definition) is 9. The molecule has 0 radical (unpaired) electrons. The first-order valence-corrected chi connectivity index (χ1v) is 13.8. The number of anilines is 2. The lowest BCUT2D eigenvalue weighted by atomic mass is 10.0. The molecular weight excluding hydrogens is 599 g/mol. The summed E-state index contributed by atoms with van der Waals surface area (Å²) in [4.78, 5) is 54.3. The van der Waals surface area contributed by atoms with Crippen LogP contribution in [0.4, 0.5) is 29.5 Å². The van der Waals surface area contributed by atoms with E-state index >= 15 is 0 Å². The SMILES string of the molecule is CC(=O)C(F)(F)F.CNc1cc(C2CCC(OC(=O)NC(C)C)C2)[nH]n1.Cn1nc(C(=O)Nc2ccccc2C=O)cc1C=O. The van der Waals surface area contributed by atoms with E-state index in [0.29, 0.717) is 42.4 Å². The van der Waals surface area contributed by atoms with E-state index in [1.54, 1.807) is 31.3 Å². The van der Waals surface area contributed by atoms with Crippen LogP contribution in [0.3, 0.4) is 0 Å². The summed E-state index contributed by atoms with van der Waals surface area (Å²) >= 11 is 0. The molecule has 2 atom stereocenters. The predicted molar refractivity (Wildman–Crippen MR) is 158 cm³/mol. The third-order valence-electron chi connectivity index (χ3n) is 6.36. The van der Waals surface area contributed by atoms with Gasteiger partial charge in [0.15, 0.2) is 18.3 Å². The number of para-hydroxylation sites is 1. The highest BCUT2D eigenvalue weighted by atomic mass is 19.4. The molecule has 13 nitrogen and oxygen atoms in total. The number of ketones is 1. The van der Waals surface area contributed by atoms with Crippen molar-refractivity contribution < 1.29 is 41.9 Å². The van der Waals surface area contributed by atoms with Gasteiger partial charge in [-0.1, -0.05) is 12.1 Å². The van der Waals surface area contributed by atoms with Crippen LogP contribution in [0.1, 0.15) is 83.0 Å². The Balaban J connectivity index is 0.000000260. The Morgan fingerprint density at radius 2 is 1.78 bits per heavy atom. The Morgan fingerprint density at radius 1 is 1.11 bits per heavy atom. The molecule has 244 valence electrons. The number of alkyl carbamates (subject to hydrolysis) is 1. The zero-order chi connectivity index (χ0) is 33.7. The molecule has 45 heavy (non-hydrogen) atoms. The molecule has 2 heterocycles. The Hall–Kier alpha value is -5.02. The quantitative estimate of drug-likeness (QED) is 0.256. The number of benzene rings is 1. The third kappa shape index (κ3) is 11.5. The number of alkyl halides is 3. The second-order valence-electron chi connectivity index (χ2n) is 10.2. The molecule has 16 heteroatoms. The van der Waals surface area contributed by atoms with Crippen molar-refractivity contribution in [2.24, 2.45) is 7.05 Å². The summed E-state index contributed by atoms with van der Waals surface area (Å²) in [6.45, 7) is 4.32. The molecule has 1 aliphatic rings. The van der Waals surface area contributed by atoms with Gasteiger partial charge in [0.25, 0.3) is 5.91 Å². The summed E-state index contributed by atoms with van der Waals surface area (Å²) in [6, 6.07) is 10.1. The van der Waals surface area contributed by atoms with E-state index in [1.165, 1.54) is 10.7 Å². The molecule has 3 aromatic rings. The van der Waals surface area contributed by atoms with Crippen LogP contribution in [-0.4, -0.2) is 75.7 Å². The highest BCUT2D eigenvalue weighted by Crippen LogP contribution is 2.35. The van der Waals surface area contributed by atoms with Crippen molar-refractivity contribution in [3.63, 3.8) is 0 Å². The second-order valence-corrected chi connectivity index (χ2v) is 10.2. The van der Waals surface area contributed by atoms with Gasteiger partial charge in [0, 0.05) is 50.3 Å². The van der Waals surface area contributed by atoms with E-state index in [4.69, 9.17) is 4.74 Å². The number of nitrogens with zero attached hydrogens (tertiary/aromatic N) is 3. The molecule has 1 aliphatic carbocycles. The number of nitrogens with one attached hydrogen (secondary N) is 4. The molecule has 0 spiro atoms. The fourth-order valence-corrected chi connectivity index (χ4v) is 4.03. The number of carbonyl (C=O) groups excluding carboxylic acids is 5. The van der Waals surface area contributed by atoms with Gasteiger partial charge >= 0.3 is 12.3 Å². The van der Waals surface area contributed by atoms with Crippen LogP contribution < -0.4 is 16.0 Å². The van der Waals surface area contributed by atoms with E-state index in [2.05, 4.69) is 31.2 Å². The van der Waals surface area contributed by atoms with Gasteiger partial charge in [-0.3, -0.25) is 29.0 Å². The first-order valence-electron chi connectivity index (χ1n) is 13.8. The van der Waals surface area contributed by atoms with Crippen LogP contribution in [0.2, 0.25) is 0 Å². The number of Topliss-reactive ketones (excluding diaryl/α,β-unsaturated/α-hetero) is 1. The smallest absolute Gasteiger partial charge is 0.446 e. The molecule has 2 amide bonds. The van der Waals surface area contributed by atoms with Gasteiger partial charge in [-0.25, -0.2) is 4.79 Å². The topological polar surface area (TPSA) is 177 Å². The number of carbonyl (C=O) groups is 5. The lowest BCUT2D eigenvalue weighted by Crippen LogP contribution is -2.33. The zero-order valence-corrected chi connectivity index (χ0v) is 25.4. The van der Waals surface area contributed by atoms with Gasteiger partial charge in [0.1, 0.15) is 17.6 Å². The van der Waals surface area contributed by atoms with Crippen LogP contribution in [0, 0.1) is 0 Å². The monoisotopic (exact) mass is 635 g/mol. The van der Waals surface area contributed by atoms with Gasteiger partial charge in [0.05, 0.1) is 5.69 Å². The van der Waals surface area contributed by atoms with Crippen molar-refractivity contribution in [2.45, 2.75) is 64.3 Å². The molecule has 0 aliphatic heterocycles. The third-order valence-corrected chi connectivity index (χ3v) is 6.36. The largest absolute Gasteiger partial charge is 0.449 e. The standard InChI is InChI=1S/C13H22N4O2.C13H11N3O3.C3H3F3O/c1-8(2)15-13(18)19-10-5-4-9(6-10)11-7-12(14-3)17-16-11;1-16-10(8-18)6-12(15-16)13(19)14-11-5-3-2-4-9(11)7-17;1-2(7)3(4,5)6/h7-10H,4-6H2,1-3H3,(H,15,18)(H2,14,16,17);2-8H,1H3,(H,14,19);1H3. The van der Waals surface area contributed by atoms with E-state index in [1.807, 2.05) is 27.0 Å². The van der Waals surface area contributed by atoms with Gasteiger partial charge in [0.2, 0.25) is 5.78 Å². The maximum Gasteiger partial charge on any atom is 0.449 e. The Kier molecular flexibility index (Phi) is 13.4. The minimum absolute atomic E-state index is 0.00471. The maximum atomic E-state index is 11.9. The predicted octanol–water partition coefficient (Wildman–Crippen LogP) is 4.66. The van der Waals surface area contributed by atoms with E-state index in [9.17, 15) is 37.1 Å². The van der Waals surface area contributed by atoms with E-state index in [0.717, 1.165) is 30.8 Å². The van der Waals surface area contributed by atoms with Crippen molar-refractivity contribution in [2.75, 3.05) is 17.7 Å². The van der Waals surface area contributed by atoms with E-state index < -0.39 is 17.9 Å². The van der Waals surface area contributed by atoms with E-state index in [-0.39, 0.29) is 23.9 Å². The number of ether oxygens (including phenoxy) is 1. The van der Waals surface area contributed by atoms with Gasteiger partial charge < -0.3 is 20.7 Å². The van der Waals surface area contributed by atoms with Crippen LogP contribution in [0.5, 0.6) is 0 Å². The highest BCUT2D eigenvalue weighted by Gasteiger charge is 2.33. The van der Waals surface area contributed by atoms with Crippen molar-refractivity contribution in [1.82, 2.24) is 25.3 Å². The van der Waals surface area contributed by atoms with Crippen LogP contribution in [-0.2, 0) is 16.6 Å². The normalized spacial score (nSPS) is 15.5. The fraction of sp³-hybridized carbons (Fsp3) is 0.414. The Bertz CT molecular complexity index is 1470. The molecule has 1 fully saturated rings. The Morgan fingerprint density at radius 3 is 2.31 bits per heavy atom. The summed E-state index contributed by atoms with van der Waals surface area (Å²) in [5, 5.41) is 19.4. The van der Waals surface area contributed by atoms with Crippen LogP contribution in [0.15, 0.2) is 36.4 Å². The fourth-order valence-electron chi connectivity index (χ4n) is 4.03. The van der Waals surface area contributed by atoms with Crippen molar-refractivity contribution in [3.05, 3.63) is 59.0 Å². The van der Waals surface area contributed by atoms with Crippen molar-refractivity contribution >= 4 is 41.9 Å². The number of aromatic amines is 1. The minimum atomic E-state index is -4.64. The zero-order valence-electron chi connectivity index (χ0n) is 25.4. The number of amides is 2. The summed E-state index contributed by atoms with van der Waals surface area (Å²) in [5.41, 5.74) is 2.31. The number of aryl methyl sites for hydroxylation is 1. The lowest BCUT2D eigenvalue weighted by molar-refractivity contribution is -0.168. The summed E-state index contributed by atoms with van der Waals surface area (Å²) < 4.78 is 39.2. The average molecular weight is 636 g/mol. The molecule has 1 saturated carbocycles. The first-order chi connectivity index (χ1) is 21.2. The number of H-pyrrole nitrogens is 1. The van der Waals surface area contributed by atoms with Crippen molar-refractivity contribution in [1.29, 1.82) is 0 Å². The molecule has 0 saturated heterocycles.